The normalized spacial score (nSPS) is 26.9. The predicted octanol–water partition coefficient (Wildman–Crippen LogP) is 1.67. The maximum absolute atomic E-state index is 10.3. The largest absolute Gasteiger partial charge is 0.413 e. The minimum absolute atomic E-state index is 0.870. The van der Waals surface area contributed by atoms with E-state index in [0.717, 1.165) is 25.7 Å². The molecule has 3 heteroatoms. The fourth-order valence-corrected chi connectivity index (χ4v) is 3.44. The van der Waals surface area contributed by atoms with Gasteiger partial charge in [-0.2, -0.15) is 0 Å². The van der Waals surface area contributed by atoms with Crippen LogP contribution in [0.25, 0.3) is 0 Å². The summed E-state index contributed by atoms with van der Waals surface area (Å²) >= 11 is 0. The lowest BCUT2D eigenvalue weighted by atomic mass is 10.3. The third kappa shape index (κ3) is 2.01. The molecule has 1 heterocycles. The molecule has 0 spiro atoms. The maximum atomic E-state index is 10.3. The average molecular weight is 170 g/mol. The summed E-state index contributed by atoms with van der Waals surface area (Å²) in [6, 6.07) is 0. The van der Waals surface area contributed by atoms with E-state index in [2.05, 4.69) is 13.1 Å². The summed E-state index contributed by atoms with van der Waals surface area (Å²) in [5.41, 5.74) is 0. The van der Waals surface area contributed by atoms with Crippen LogP contribution in [0.15, 0.2) is 11.3 Å². The van der Waals surface area contributed by atoms with E-state index in [1.807, 2.05) is 0 Å². The van der Waals surface area contributed by atoms with E-state index in [-0.39, 0.29) is 0 Å². The second kappa shape index (κ2) is 3.32. The number of allylic oxidation sites excluding steroid dienone is 2. The van der Waals surface area contributed by atoms with Crippen molar-refractivity contribution in [2.24, 2.45) is 0 Å². The molecule has 0 atom stereocenters. The van der Waals surface area contributed by atoms with Gasteiger partial charge in [-0.15, -0.1) is 0 Å². The molecule has 1 aliphatic rings. The van der Waals surface area contributed by atoms with E-state index in [9.17, 15) is 4.79 Å². The Hall–Kier alpha value is -0.413. The quantitative estimate of drug-likeness (QED) is 0.340. The molecule has 0 aromatic rings. The van der Waals surface area contributed by atoms with Gasteiger partial charge >= 0.3 is 0 Å². The summed E-state index contributed by atoms with van der Waals surface area (Å²) in [4.78, 5) is 10.3. The molecule has 0 radical (unpaired) electrons. The molecule has 0 unspecified atom stereocenters. The van der Waals surface area contributed by atoms with Crippen LogP contribution in [0.1, 0.15) is 12.8 Å². The molecule has 11 heavy (non-hydrogen) atoms. The maximum Gasteiger partial charge on any atom is 0.214 e. The van der Waals surface area contributed by atoms with Crippen molar-refractivity contribution in [2.75, 3.05) is 6.61 Å². The van der Waals surface area contributed by atoms with E-state index in [1.165, 1.54) is 5.20 Å². The highest BCUT2D eigenvalue weighted by molar-refractivity contribution is 6.78. The van der Waals surface area contributed by atoms with Crippen molar-refractivity contribution >= 4 is 14.6 Å². The van der Waals surface area contributed by atoms with Crippen molar-refractivity contribution in [1.29, 1.82) is 0 Å². The number of hydrogen-bond donors (Lipinski definition) is 0. The van der Waals surface area contributed by atoms with E-state index in [4.69, 9.17) is 4.43 Å². The van der Waals surface area contributed by atoms with Gasteiger partial charge in [-0.05, 0) is 32.0 Å². The van der Waals surface area contributed by atoms with Gasteiger partial charge in [0.25, 0.3) is 0 Å². The van der Waals surface area contributed by atoms with Gasteiger partial charge in [-0.25, -0.2) is 0 Å². The zero-order valence-electron chi connectivity index (χ0n) is 7.09. The van der Waals surface area contributed by atoms with E-state index in [0.29, 0.717) is 0 Å². The molecule has 1 saturated heterocycles. The third-order valence-electron chi connectivity index (χ3n) is 2.10. The molecular weight excluding hydrogens is 156 g/mol. The van der Waals surface area contributed by atoms with Crippen LogP contribution in [0.4, 0.5) is 0 Å². The molecule has 0 bridgehead atoms. The first-order valence-electron chi connectivity index (χ1n) is 3.95. The Morgan fingerprint density at radius 1 is 1.55 bits per heavy atom. The second-order valence-electron chi connectivity index (χ2n) is 3.29. The standard InChI is InChI=1S/C8H14O2Si/c1-11(2)8(5-6-9)4-3-7-10-11/h5-6H,3-4,7H2,1-2H3/b8-5-. The van der Waals surface area contributed by atoms with Crippen molar-refractivity contribution < 1.29 is 9.22 Å². The lowest BCUT2D eigenvalue weighted by Crippen LogP contribution is -2.37. The average Bonchev–Trinajstić information content (AvgIpc) is 1.94. The number of rotatable bonds is 1. The Kier molecular flexibility index (Phi) is 2.62. The second-order valence-corrected chi connectivity index (χ2v) is 7.24. The molecule has 0 amide bonds. The van der Waals surface area contributed by atoms with Crippen LogP contribution < -0.4 is 0 Å². The minimum atomic E-state index is -1.61. The number of carbonyl (C=O) groups is 1. The Labute approximate surface area is 68.4 Å². The molecule has 0 aromatic carbocycles. The van der Waals surface area contributed by atoms with Gasteiger partial charge in [-0.1, -0.05) is 5.20 Å². The lowest BCUT2D eigenvalue weighted by molar-refractivity contribution is -0.104. The number of hydrogen-bond acceptors (Lipinski definition) is 2. The Bertz CT molecular complexity index is 185. The Morgan fingerprint density at radius 3 is 2.82 bits per heavy atom. The minimum Gasteiger partial charge on any atom is -0.413 e. The topological polar surface area (TPSA) is 26.3 Å². The monoisotopic (exact) mass is 170 g/mol. The fraction of sp³-hybridized carbons (Fsp3) is 0.625. The first kappa shape index (κ1) is 8.68. The molecular formula is C8H14O2Si. The Balaban J connectivity index is 2.75. The van der Waals surface area contributed by atoms with Crippen molar-refractivity contribution in [3.63, 3.8) is 0 Å². The molecule has 0 aliphatic carbocycles. The van der Waals surface area contributed by atoms with Gasteiger partial charge in [-0.3, -0.25) is 4.79 Å². The summed E-state index contributed by atoms with van der Waals surface area (Å²) in [6.07, 6.45) is 4.68. The van der Waals surface area contributed by atoms with E-state index >= 15 is 0 Å². The zero-order valence-corrected chi connectivity index (χ0v) is 8.09. The third-order valence-corrected chi connectivity index (χ3v) is 4.99. The van der Waals surface area contributed by atoms with Crippen LogP contribution in [0, 0.1) is 0 Å². The summed E-state index contributed by atoms with van der Waals surface area (Å²) in [5.74, 6) is 0. The highest BCUT2D eigenvalue weighted by Gasteiger charge is 2.30. The molecule has 2 nitrogen and oxygen atoms in total. The van der Waals surface area contributed by atoms with Crippen molar-refractivity contribution in [1.82, 2.24) is 0 Å². The highest BCUT2D eigenvalue weighted by atomic mass is 28.4. The predicted molar refractivity (Wildman–Crippen MR) is 46.8 cm³/mol. The van der Waals surface area contributed by atoms with Gasteiger partial charge in [0.05, 0.1) is 0 Å². The van der Waals surface area contributed by atoms with Crippen LogP contribution in [0.3, 0.4) is 0 Å². The molecule has 62 valence electrons. The first-order valence-corrected chi connectivity index (χ1v) is 6.86. The van der Waals surface area contributed by atoms with Crippen LogP contribution in [0.2, 0.25) is 13.1 Å². The lowest BCUT2D eigenvalue weighted by Gasteiger charge is -2.30. The van der Waals surface area contributed by atoms with Gasteiger partial charge < -0.3 is 4.43 Å². The van der Waals surface area contributed by atoms with E-state index in [1.54, 1.807) is 6.08 Å². The number of carbonyl (C=O) groups excluding carboxylic acids is 1. The molecule has 0 aromatic heterocycles. The smallest absolute Gasteiger partial charge is 0.214 e. The summed E-state index contributed by atoms with van der Waals surface area (Å²) in [6.45, 7) is 5.15. The number of aldehydes is 1. The van der Waals surface area contributed by atoms with Crippen molar-refractivity contribution in [3.05, 3.63) is 11.3 Å². The van der Waals surface area contributed by atoms with Crippen LogP contribution in [0.5, 0.6) is 0 Å². The van der Waals surface area contributed by atoms with Crippen LogP contribution in [-0.2, 0) is 9.22 Å². The summed E-state index contributed by atoms with van der Waals surface area (Å²) in [7, 11) is -1.61. The highest BCUT2D eigenvalue weighted by Crippen LogP contribution is 2.25. The van der Waals surface area contributed by atoms with Gasteiger partial charge in [0, 0.05) is 6.61 Å². The molecule has 1 fully saturated rings. The van der Waals surface area contributed by atoms with Gasteiger partial charge in [0.1, 0.15) is 6.29 Å². The van der Waals surface area contributed by atoms with E-state index < -0.39 is 8.32 Å². The van der Waals surface area contributed by atoms with Crippen LogP contribution >= 0.6 is 0 Å². The fourth-order valence-electron chi connectivity index (χ4n) is 1.35. The van der Waals surface area contributed by atoms with Gasteiger partial charge in [0.2, 0.25) is 8.32 Å². The van der Waals surface area contributed by atoms with Crippen LogP contribution in [-0.4, -0.2) is 21.2 Å². The van der Waals surface area contributed by atoms with Crippen molar-refractivity contribution in [2.45, 2.75) is 25.9 Å². The summed E-state index contributed by atoms with van der Waals surface area (Å²) in [5, 5.41) is 1.25. The molecule has 0 N–H and O–H groups in total. The molecule has 1 rings (SSSR count). The zero-order chi connectivity index (χ0) is 8.32. The first-order chi connectivity index (χ1) is 5.17. The summed E-state index contributed by atoms with van der Waals surface area (Å²) < 4.78 is 5.64. The van der Waals surface area contributed by atoms with Gasteiger partial charge in [0.15, 0.2) is 0 Å². The Morgan fingerprint density at radius 2 is 2.27 bits per heavy atom. The molecule has 0 saturated carbocycles. The SMILES string of the molecule is C[Si]1(C)OCCC/C1=C/C=O. The van der Waals surface area contributed by atoms with Crippen molar-refractivity contribution in [3.8, 4) is 0 Å². The molecule has 1 aliphatic heterocycles.